The predicted molar refractivity (Wildman–Crippen MR) is 243 cm³/mol. The highest BCUT2D eigenvalue weighted by atomic mass is 31.2. The molecule has 0 heterocycles. The third-order valence-electron chi connectivity index (χ3n) is 10.7. The number of hydrogen-bond donors (Lipinski definition) is 8. The van der Waals surface area contributed by atoms with Gasteiger partial charge in [0.15, 0.2) is 6.10 Å². The standard InChI is InChI=1S/C43H81O19P3/c1-3-5-7-9-11-13-15-17-18-20-22-24-26-28-30-32-37(45)59-35(33-57-36(44)31-29-27-25-23-21-19-16-14-12-10-8-6-4-2)34-58-65(55,56)62-41-38(46)39(47)42(60-63(49,50)51)43(40(41)48)61-64(52,53)54/h8,10,14,16,35,38-43,46-48H,3-7,9,11-13,15,17-34H2,1-2H3,(H,55,56)(H2,49,50,51)(H2,52,53,54)/t35-,38?,39?,40?,41+,42?,43+/m1/s1. The molecule has 1 fully saturated rings. The molecular weight excluding hydrogens is 913 g/mol. The maximum atomic E-state index is 13.1. The van der Waals surface area contributed by atoms with Crippen molar-refractivity contribution in [3.8, 4) is 0 Å². The van der Waals surface area contributed by atoms with Gasteiger partial charge in [-0.05, 0) is 38.5 Å². The van der Waals surface area contributed by atoms with Crippen LogP contribution in [-0.4, -0.2) is 108 Å². The zero-order valence-electron chi connectivity index (χ0n) is 38.6. The number of carbonyl (C=O) groups is 2. The summed E-state index contributed by atoms with van der Waals surface area (Å²) in [4.78, 5) is 73.1. The molecule has 382 valence electrons. The molecule has 0 saturated heterocycles. The van der Waals surface area contributed by atoms with Gasteiger partial charge in [-0.1, -0.05) is 154 Å². The van der Waals surface area contributed by atoms with Gasteiger partial charge in [0, 0.05) is 12.8 Å². The maximum Gasteiger partial charge on any atom is 0.472 e. The van der Waals surface area contributed by atoms with Gasteiger partial charge < -0.3 is 49.3 Å². The van der Waals surface area contributed by atoms with Crippen LogP contribution in [0.25, 0.3) is 0 Å². The fourth-order valence-corrected chi connectivity index (χ4v) is 9.31. The Morgan fingerprint density at radius 3 is 1.42 bits per heavy atom. The van der Waals surface area contributed by atoms with E-state index in [1.165, 1.54) is 64.2 Å². The van der Waals surface area contributed by atoms with Crippen molar-refractivity contribution in [3.63, 3.8) is 0 Å². The van der Waals surface area contributed by atoms with E-state index in [4.69, 9.17) is 18.5 Å². The number of phosphoric ester groups is 3. The Balaban J connectivity index is 2.74. The lowest BCUT2D eigenvalue weighted by atomic mass is 9.85. The van der Waals surface area contributed by atoms with Gasteiger partial charge in [-0.3, -0.25) is 27.7 Å². The summed E-state index contributed by atoms with van der Waals surface area (Å²) in [5, 5.41) is 31.8. The lowest BCUT2D eigenvalue weighted by Crippen LogP contribution is -2.65. The van der Waals surface area contributed by atoms with Crippen LogP contribution in [-0.2, 0) is 50.9 Å². The van der Waals surface area contributed by atoms with Crippen molar-refractivity contribution in [2.24, 2.45) is 0 Å². The zero-order chi connectivity index (χ0) is 48.6. The molecule has 1 saturated carbocycles. The molecule has 22 heteroatoms. The molecule has 0 radical (unpaired) electrons. The molecule has 19 nitrogen and oxygen atoms in total. The van der Waals surface area contributed by atoms with Crippen molar-refractivity contribution in [3.05, 3.63) is 24.3 Å². The van der Waals surface area contributed by atoms with Crippen molar-refractivity contribution in [2.45, 2.75) is 224 Å². The number of hydrogen-bond acceptors (Lipinski definition) is 14. The third-order valence-corrected chi connectivity index (χ3v) is 12.8. The fraction of sp³-hybridized carbons (Fsp3) is 0.860. The second-order valence-corrected chi connectivity index (χ2v) is 20.5. The first-order valence-electron chi connectivity index (χ1n) is 23.6. The van der Waals surface area contributed by atoms with Gasteiger partial charge in [0.05, 0.1) is 6.61 Å². The number of allylic oxidation sites excluding steroid dienone is 4. The SMILES string of the molecule is CCCC=CCC=CCCCCCCCC(=O)OC[C@H](COP(=O)(O)O[C@H]1C(O)C(O)C(OP(=O)(O)O)[C@@H](OP(=O)(O)O)C1O)OC(=O)CCCCCCCCCCCCCCCCC. The maximum absolute atomic E-state index is 13.1. The number of unbranched alkanes of at least 4 members (excludes halogenated alkanes) is 20. The Morgan fingerprint density at radius 1 is 0.492 bits per heavy atom. The minimum absolute atomic E-state index is 0.00105. The molecule has 0 aromatic heterocycles. The summed E-state index contributed by atoms with van der Waals surface area (Å²) in [5.41, 5.74) is 0. The van der Waals surface area contributed by atoms with Crippen LogP contribution in [0.2, 0.25) is 0 Å². The van der Waals surface area contributed by atoms with Gasteiger partial charge in [0.1, 0.15) is 43.2 Å². The number of aliphatic hydroxyl groups is 3. The summed E-state index contributed by atoms with van der Waals surface area (Å²) < 4.78 is 65.4. The van der Waals surface area contributed by atoms with Crippen LogP contribution in [0.5, 0.6) is 0 Å². The zero-order valence-corrected chi connectivity index (χ0v) is 41.2. The highest BCUT2D eigenvalue weighted by Crippen LogP contribution is 2.51. The van der Waals surface area contributed by atoms with Crippen molar-refractivity contribution in [1.29, 1.82) is 0 Å². The van der Waals surface area contributed by atoms with Crippen LogP contribution in [0.1, 0.15) is 181 Å². The molecule has 0 aromatic rings. The van der Waals surface area contributed by atoms with Gasteiger partial charge >= 0.3 is 35.4 Å². The number of ether oxygens (including phenoxy) is 2. The number of carbonyl (C=O) groups excluding carboxylic acids is 2. The van der Waals surface area contributed by atoms with E-state index in [2.05, 4.69) is 47.2 Å². The van der Waals surface area contributed by atoms with Gasteiger partial charge in [0.2, 0.25) is 0 Å². The van der Waals surface area contributed by atoms with E-state index in [9.17, 15) is 63.1 Å². The van der Waals surface area contributed by atoms with Gasteiger partial charge in [-0.25, -0.2) is 13.7 Å². The monoisotopic (exact) mass is 994 g/mol. The predicted octanol–water partition coefficient (Wildman–Crippen LogP) is 8.29. The molecule has 8 atom stereocenters. The summed E-state index contributed by atoms with van der Waals surface area (Å²) in [7, 11) is -16.6. The summed E-state index contributed by atoms with van der Waals surface area (Å²) in [6, 6.07) is 0. The molecule has 0 amide bonds. The van der Waals surface area contributed by atoms with Crippen LogP contribution < -0.4 is 0 Å². The molecule has 0 aromatic carbocycles. The van der Waals surface area contributed by atoms with Crippen LogP contribution in [0.4, 0.5) is 0 Å². The first kappa shape index (κ1) is 61.6. The van der Waals surface area contributed by atoms with E-state index in [1.54, 1.807) is 0 Å². The van der Waals surface area contributed by atoms with Crippen molar-refractivity contribution >= 4 is 35.4 Å². The van der Waals surface area contributed by atoms with Gasteiger partial charge in [0.25, 0.3) is 0 Å². The number of rotatable bonds is 40. The highest BCUT2D eigenvalue weighted by molar-refractivity contribution is 7.47. The Bertz CT molecular complexity index is 1470. The minimum Gasteiger partial charge on any atom is -0.462 e. The molecule has 5 unspecified atom stereocenters. The molecule has 1 aliphatic carbocycles. The van der Waals surface area contributed by atoms with E-state index in [1.807, 2.05) is 0 Å². The van der Waals surface area contributed by atoms with Crippen molar-refractivity contribution < 1.29 is 90.6 Å². The van der Waals surface area contributed by atoms with Crippen LogP contribution in [0.3, 0.4) is 0 Å². The first-order chi connectivity index (χ1) is 30.8. The molecule has 0 spiro atoms. The summed E-state index contributed by atoms with van der Waals surface area (Å²) >= 11 is 0. The Labute approximate surface area is 386 Å². The summed E-state index contributed by atoms with van der Waals surface area (Å²) in [6.07, 6.45) is 17.7. The highest BCUT2D eigenvalue weighted by Gasteiger charge is 2.56. The van der Waals surface area contributed by atoms with E-state index in [0.717, 1.165) is 77.0 Å². The molecule has 1 aliphatic rings. The van der Waals surface area contributed by atoms with E-state index >= 15 is 0 Å². The van der Waals surface area contributed by atoms with Crippen LogP contribution >= 0.6 is 23.5 Å². The Morgan fingerprint density at radius 2 is 0.923 bits per heavy atom. The van der Waals surface area contributed by atoms with Crippen molar-refractivity contribution in [1.82, 2.24) is 0 Å². The molecule has 0 aliphatic heterocycles. The van der Waals surface area contributed by atoms with Gasteiger partial charge in [-0.15, -0.1) is 0 Å². The minimum atomic E-state index is -5.60. The lowest BCUT2D eigenvalue weighted by molar-refractivity contribution is -0.213. The summed E-state index contributed by atoms with van der Waals surface area (Å²) in [5.74, 6) is -1.31. The van der Waals surface area contributed by atoms with E-state index < -0.39 is 91.3 Å². The average Bonchev–Trinajstić information content (AvgIpc) is 3.23. The fourth-order valence-electron chi connectivity index (χ4n) is 7.21. The normalized spacial score (nSPS) is 22.1. The first-order valence-corrected chi connectivity index (χ1v) is 28.2. The van der Waals surface area contributed by atoms with E-state index in [-0.39, 0.29) is 12.8 Å². The topological polar surface area (TPSA) is 303 Å². The number of aliphatic hydroxyl groups excluding tert-OH is 3. The quantitative estimate of drug-likeness (QED) is 0.0124. The smallest absolute Gasteiger partial charge is 0.462 e. The van der Waals surface area contributed by atoms with Crippen LogP contribution in [0, 0.1) is 0 Å². The average molecular weight is 995 g/mol. The molecule has 0 bridgehead atoms. The summed E-state index contributed by atoms with van der Waals surface area (Å²) in [6.45, 7) is 2.87. The Kier molecular flexibility index (Phi) is 33.9. The molecular formula is C43H81O19P3. The second kappa shape index (κ2) is 35.7. The second-order valence-electron chi connectivity index (χ2n) is 16.7. The molecule has 65 heavy (non-hydrogen) atoms. The Hall–Kier alpha value is -1.37. The molecule has 1 rings (SSSR count). The molecule has 8 N–H and O–H groups in total. The van der Waals surface area contributed by atoms with Crippen LogP contribution in [0.15, 0.2) is 24.3 Å². The third kappa shape index (κ3) is 32.1. The van der Waals surface area contributed by atoms with Crippen molar-refractivity contribution in [2.75, 3.05) is 13.2 Å². The number of phosphoric acid groups is 3. The van der Waals surface area contributed by atoms with E-state index in [0.29, 0.717) is 12.8 Å². The lowest BCUT2D eigenvalue weighted by Gasteiger charge is -2.44. The largest absolute Gasteiger partial charge is 0.472 e. The number of esters is 2. The van der Waals surface area contributed by atoms with Gasteiger partial charge in [-0.2, -0.15) is 0 Å².